The van der Waals surface area contributed by atoms with E-state index < -0.39 is 0 Å². The second-order valence-electron chi connectivity index (χ2n) is 5.19. The second kappa shape index (κ2) is 8.35. The molecule has 112 valence electrons. The summed E-state index contributed by atoms with van der Waals surface area (Å²) in [4.78, 5) is 12.7. The van der Waals surface area contributed by atoms with Gasteiger partial charge in [0.25, 0.3) is 0 Å². The Morgan fingerprint density at radius 3 is 2.62 bits per heavy atom. The number of benzene rings is 1. The summed E-state index contributed by atoms with van der Waals surface area (Å²) in [6, 6.07) is 10.3. The first kappa shape index (κ1) is 15.4. The van der Waals surface area contributed by atoms with Crippen molar-refractivity contribution in [3.8, 4) is 17.4 Å². The maximum Gasteiger partial charge on any atom is 0.319 e. The highest BCUT2D eigenvalue weighted by Crippen LogP contribution is 2.17. The maximum absolute atomic E-state index is 5.76. The topological polar surface area (TPSA) is 47.9 Å². The predicted octanol–water partition coefficient (Wildman–Crippen LogP) is 4.13. The zero-order chi connectivity index (χ0) is 14.9. The number of nitrogens with zero attached hydrogens (tertiary/aromatic N) is 3. The Kier molecular flexibility index (Phi) is 6.13. The van der Waals surface area contributed by atoms with Crippen molar-refractivity contribution < 1.29 is 4.74 Å². The van der Waals surface area contributed by atoms with E-state index >= 15 is 0 Å². The molecule has 0 amide bonds. The van der Waals surface area contributed by atoms with Crippen molar-refractivity contribution in [2.45, 2.75) is 39.5 Å². The summed E-state index contributed by atoms with van der Waals surface area (Å²) in [5.74, 6) is 1.23. The van der Waals surface area contributed by atoms with E-state index in [1.54, 1.807) is 0 Å². The summed E-state index contributed by atoms with van der Waals surface area (Å²) < 4.78 is 5.76. The van der Waals surface area contributed by atoms with Crippen LogP contribution in [-0.2, 0) is 0 Å². The Hall–Kier alpha value is -1.97. The van der Waals surface area contributed by atoms with Crippen LogP contribution in [0.1, 0.15) is 39.5 Å². The van der Waals surface area contributed by atoms with Crippen molar-refractivity contribution in [1.82, 2.24) is 15.0 Å². The minimum absolute atomic E-state index is 0.416. The molecule has 0 spiro atoms. The van der Waals surface area contributed by atoms with Crippen LogP contribution in [0, 0.1) is 5.92 Å². The molecule has 0 saturated heterocycles. The lowest BCUT2D eigenvalue weighted by atomic mass is 10.0. The minimum atomic E-state index is 0.416. The number of hydrogen-bond acceptors (Lipinski definition) is 4. The number of unbranched alkanes of at least 4 members (excludes halogenated alkanes) is 1. The van der Waals surface area contributed by atoms with Gasteiger partial charge in [0.05, 0.1) is 6.61 Å². The molecule has 1 heterocycles. The van der Waals surface area contributed by atoms with Gasteiger partial charge in [0.1, 0.15) is 6.33 Å². The molecule has 2 rings (SSSR count). The van der Waals surface area contributed by atoms with Gasteiger partial charge in [-0.05, 0) is 12.3 Å². The standard InChI is InChI=1S/C17H23N3O/c1-3-5-9-14(4-2)12-21-17-19-13-18-16(20-17)15-10-7-6-8-11-15/h6-8,10-11,13-14H,3-5,9,12H2,1-2H3. The fourth-order valence-electron chi connectivity index (χ4n) is 2.17. The second-order valence-corrected chi connectivity index (χ2v) is 5.19. The molecule has 1 aromatic heterocycles. The molecule has 0 N–H and O–H groups in total. The summed E-state index contributed by atoms with van der Waals surface area (Å²) in [5.41, 5.74) is 0.975. The van der Waals surface area contributed by atoms with Crippen LogP contribution < -0.4 is 4.74 Å². The van der Waals surface area contributed by atoms with Crippen LogP contribution in [0.15, 0.2) is 36.7 Å². The van der Waals surface area contributed by atoms with Crippen molar-refractivity contribution in [2.75, 3.05) is 6.61 Å². The van der Waals surface area contributed by atoms with Gasteiger partial charge < -0.3 is 4.74 Å². The molecule has 0 fully saturated rings. The molecule has 0 saturated carbocycles. The van der Waals surface area contributed by atoms with Gasteiger partial charge in [0.2, 0.25) is 0 Å². The predicted molar refractivity (Wildman–Crippen MR) is 84.1 cm³/mol. The molecule has 4 nitrogen and oxygen atoms in total. The Bertz CT molecular complexity index is 531. The van der Waals surface area contributed by atoms with Gasteiger partial charge in [-0.2, -0.15) is 9.97 Å². The van der Waals surface area contributed by atoms with E-state index in [9.17, 15) is 0 Å². The number of rotatable bonds is 8. The van der Waals surface area contributed by atoms with E-state index in [4.69, 9.17) is 4.74 Å². The van der Waals surface area contributed by atoms with Crippen molar-refractivity contribution >= 4 is 0 Å². The highest BCUT2D eigenvalue weighted by Gasteiger charge is 2.09. The fourth-order valence-corrected chi connectivity index (χ4v) is 2.17. The van der Waals surface area contributed by atoms with E-state index in [1.165, 1.54) is 25.6 Å². The zero-order valence-electron chi connectivity index (χ0n) is 12.8. The van der Waals surface area contributed by atoms with Crippen molar-refractivity contribution in [2.24, 2.45) is 5.92 Å². The van der Waals surface area contributed by atoms with Gasteiger partial charge in [0.15, 0.2) is 5.82 Å². The van der Waals surface area contributed by atoms with Gasteiger partial charge in [-0.3, -0.25) is 0 Å². The lowest BCUT2D eigenvalue weighted by Gasteiger charge is -2.14. The average Bonchev–Trinajstić information content (AvgIpc) is 2.56. The third-order valence-electron chi connectivity index (χ3n) is 3.57. The normalized spacial score (nSPS) is 12.1. The monoisotopic (exact) mass is 285 g/mol. The van der Waals surface area contributed by atoms with Crippen LogP contribution in [0.3, 0.4) is 0 Å². The summed E-state index contributed by atoms with van der Waals surface area (Å²) >= 11 is 0. The Balaban J connectivity index is 1.98. The largest absolute Gasteiger partial charge is 0.463 e. The first-order valence-corrected chi connectivity index (χ1v) is 7.70. The van der Waals surface area contributed by atoms with Crippen LogP contribution in [0.4, 0.5) is 0 Å². The van der Waals surface area contributed by atoms with Crippen molar-refractivity contribution in [3.63, 3.8) is 0 Å². The van der Waals surface area contributed by atoms with E-state index in [2.05, 4.69) is 28.8 Å². The lowest BCUT2D eigenvalue weighted by Crippen LogP contribution is -2.13. The van der Waals surface area contributed by atoms with Crippen molar-refractivity contribution in [1.29, 1.82) is 0 Å². The molecular weight excluding hydrogens is 262 g/mol. The lowest BCUT2D eigenvalue weighted by molar-refractivity contribution is 0.217. The maximum atomic E-state index is 5.76. The summed E-state index contributed by atoms with van der Waals surface area (Å²) in [7, 11) is 0. The quantitative estimate of drug-likeness (QED) is 0.731. The molecular formula is C17H23N3O. The first-order valence-electron chi connectivity index (χ1n) is 7.70. The Labute approximate surface area is 126 Å². The molecule has 2 aromatic rings. The van der Waals surface area contributed by atoms with Crippen LogP contribution in [-0.4, -0.2) is 21.6 Å². The average molecular weight is 285 g/mol. The molecule has 4 heteroatoms. The molecule has 1 unspecified atom stereocenters. The van der Waals surface area contributed by atoms with Gasteiger partial charge >= 0.3 is 6.01 Å². The minimum Gasteiger partial charge on any atom is -0.463 e. The number of ether oxygens (including phenoxy) is 1. The smallest absolute Gasteiger partial charge is 0.319 e. The Morgan fingerprint density at radius 1 is 1.10 bits per heavy atom. The molecule has 1 atom stereocenters. The van der Waals surface area contributed by atoms with E-state index in [0.29, 0.717) is 24.4 Å². The third kappa shape index (κ3) is 4.81. The van der Waals surface area contributed by atoms with E-state index in [1.807, 2.05) is 30.3 Å². The first-order chi connectivity index (χ1) is 10.3. The summed E-state index contributed by atoms with van der Waals surface area (Å²) in [5, 5.41) is 0. The third-order valence-corrected chi connectivity index (χ3v) is 3.57. The Morgan fingerprint density at radius 2 is 1.90 bits per heavy atom. The van der Waals surface area contributed by atoms with Crippen LogP contribution >= 0.6 is 0 Å². The SMILES string of the molecule is CCCCC(CC)COc1ncnc(-c2ccccc2)n1. The van der Waals surface area contributed by atoms with Crippen LogP contribution in [0.2, 0.25) is 0 Å². The summed E-state index contributed by atoms with van der Waals surface area (Å²) in [6.45, 7) is 5.09. The molecule has 0 bridgehead atoms. The molecule has 0 aliphatic heterocycles. The van der Waals surface area contributed by atoms with Crippen LogP contribution in [0.5, 0.6) is 6.01 Å². The number of aromatic nitrogens is 3. The van der Waals surface area contributed by atoms with Gasteiger partial charge in [0, 0.05) is 5.56 Å². The number of hydrogen-bond donors (Lipinski definition) is 0. The highest BCUT2D eigenvalue weighted by atomic mass is 16.5. The molecule has 0 radical (unpaired) electrons. The van der Waals surface area contributed by atoms with E-state index in [0.717, 1.165) is 12.0 Å². The van der Waals surface area contributed by atoms with E-state index in [-0.39, 0.29) is 0 Å². The molecule has 1 aromatic carbocycles. The fraction of sp³-hybridized carbons (Fsp3) is 0.471. The van der Waals surface area contributed by atoms with Crippen molar-refractivity contribution in [3.05, 3.63) is 36.7 Å². The van der Waals surface area contributed by atoms with Gasteiger partial charge in [-0.15, -0.1) is 0 Å². The molecule has 0 aliphatic carbocycles. The van der Waals surface area contributed by atoms with Gasteiger partial charge in [-0.1, -0.05) is 63.4 Å². The zero-order valence-corrected chi connectivity index (χ0v) is 12.8. The highest BCUT2D eigenvalue weighted by molar-refractivity contribution is 5.54. The molecule has 21 heavy (non-hydrogen) atoms. The van der Waals surface area contributed by atoms with Crippen LogP contribution in [0.25, 0.3) is 11.4 Å². The van der Waals surface area contributed by atoms with Gasteiger partial charge in [-0.25, -0.2) is 4.98 Å². The summed E-state index contributed by atoms with van der Waals surface area (Å²) in [6.07, 6.45) is 6.30. The molecule has 0 aliphatic rings.